The lowest BCUT2D eigenvalue weighted by atomic mass is 10.2. The van der Waals surface area contributed by atoms with Crippen LogP contribution in [0.25, 0.3) is 10.2 Å². The van der Waals surface area contributed by atoms with Crippen LogP contribution in [0.1, 0.15) is 36.9 Å². The summed E-state index contributed by atoms with van der Waals surface area (Å²) in [5.74, 6) is 0. The molecule has 0 saturated carbocycles. The van der Waals surface area contributed by atoms with E-state index in [1.807, 2.05) is 0 Å². The van der Waals surface area contributed by atoms with E-state index in [1.54, 1.807) is 11.3 Å². The summed E-state index contributed by atoms with van der Waals surface area (Å²) < 4.78 is 1.28. The number of benzene rings is 1. The Hall–Kier alpha value is -0.930. The maximum atomic E-state index is 4.68. The largest absolute Gasteiger partial charge is 0.308 e. The number of rotatable bonds is 4. The molecule has 16 heavy (non-hydrogen) atoms. The third-order valence-corrected chi connectivity index (χ3v) is 3.85. The highest BCUT2D eigenvalue weighted by molar-refractivity contribution is 7.18. The van der Waals surface area contributed by atoms with E-state index in [4.69, 9.17) is 0 Å². The monoisotopic (exact) mass is 234 g/mol. The average Bonchev–Trinajstić information content (AvgIpc) is 2.68. The van der Waals surface area contributed by atoms with Crippen LogP contribution in [0, 0.1) is 6.92 Å². The predicted molar refractivity (Wildman–Crippen MR) is 71.1 cm³/mol. The molecule has 3 heteroatoms. The summed E-state index contributed by atoms with van der Waals surface area (Å²) in [6.45, 7) is 7.52. The third kappa shape index (κ3) is 2.42. The minimum Gasteiger partial charge on any atom is -0.308 e. The summed E-state index contributed by atoms with van der Waals surface area (Å²) in [6, 6.07) is 6.83. The van der Waals surface area contributed by atoms with Crippen LogP contribution >= 0.6 is 11.3 Å². The maximum absolute atomic E-state index is 4.68. The number of aryl methyl sites for hydroxylation is 1. The molecule has 2 rings (SSSR count). The highest BCUT2D eigenvalue weighted by atomic mass is 32.1. The molecule has 1 unspecified atom stereocenters. The summed E-state index contributed by atoms with van der Waals surface area (Å²) in [5.41, 5.74) is 2.41. The quantitative estimate of drug-likeness (QED) is 0.873. The number of fused-ring (bicyclic) bond motifs is 1. The van der Waals surface area contributed by atoms with Crippen molar-refractivity contribution >= 4 is 21.6 Å². The van der Waals surface area contributed by atoms with Crippen molar-refractivity contribution in [1.82, 2.24) is 10.3 Å². The van der Waals surface area contributed by atoms with Gasteiger partial charge in [0.25, 0.3) is 0 Å². The van der Waals surface area contributed by atoms with E-state index >= 15 is 0 Å². The van der Waals surface area contributed by atoms with Crippen molar-refractivity contribution in [3.63, 3.8) is 0 Å². The first-order valence-corrected chi connectivity index (χ1v) is 6.63. The second-order valence-electron chi connectivity index (χ2n) is 4.20. The molecule has 0 aliphatic carbocycles. The van der Waals surface area contributed by atoms with Gasteiger partial charge in [0.15, 0.2) is 0 Å². The number of hydrogen-bond acceptors (Lipinski definition) is 3. The Morgan fingerprint density at radius 1 is 1.44 bits per heavy atom. The van der Waals surface area contributed by atoms with Gasteiger partial charge >= 0.3 is 0 Å². The van der Waals surface area contributed by atoms with Gasteiger partial charge in [-0.25, -0.2) is 4.98 Å². The Morgan fingerprint density at radius 2 is 2.25 bits per heavy atom. The molecule has 1 N–H and O–H groups in total. The zero-order valence-electron chi connectivity index (χ0n) is 10.1. The number of nitrogens with one attached hydrogen (secondary N) is 1. The molecular formula is C13H18N2S. The topological polar surface area (TPSA) is 24.9 Å². The zero-order valence-corrected chi connectivity index (χ0v) is 10.9. The molecule has 2 aromatic rings. The highest BCUT2D eigenvalue weighted by Gasteiger charge is 2.10. The Bertz CT molecular complexity index is 476. The van der Waals surface area contributed by atoms with Gasteiger partial charge in [0.2, 0.25) is 0 Å². The van der Waals surface area contributed by atoms with Crippen molar-refractivity contribution < 1.29 is 0 Å². The van der Waals surface area contributed by atoms with Gasteiger partial charge in [-0.3, -0.25) is 0 Å². The number of thiazole rings is 1. The maximum Gasteiger partial charge on any atom is 0.111 e. The van der Waals surface area contributed by atoms with Crippen molar-refractivity contribution in [3.05, 3.63) is 28.8 Å². The number of nitrogens with zero attached hydrogens (tertiary/aromatic N) is 1. The van der Waals surface area contributed by atoms with Crippen molar-refractivity contribution in [3.8, 4) is 0 Å². The lowest BCUT2D eigenvalue weighted by Gasteiger charge is -2.08. The Kier molecular flexibility index (Phi) is 3.56. The predicted octanol–water partition coefficient (Wildman–Crippen LogP) is 3.67. The molecule has 0 fully saturated rings. The molecular weight excluding hydrogens is 216 g/mol. The van der Waals surface area contributed by atoms with Crippen molar-refractivity contribution in [2.75, 3.05) is 6.54 Å². The van der Waals surface area contributed by atoms with Crippen LogP contribution in [-0.2, 0) is 0 Å². The van der Waals surface area contributed by atoms with Crippen LogP contribution in [0.5, 0.6) is 0 Å². The first-order chi connectivity index (χ1) is 7.70. The highest BCUT2D eigenvalue weighted by Crippen LogP contribution is 2.26. The Morgan fingerprint density at radius 3 is 3.00 bits per heavy atom. The third-order valence-electron chi connectivity index (χ3n) is 2.63. The van der Waals surface area contributed by atoms with Gasteiger partial charge in [0.05, 0.1) is 16.3 Å². The standard InChI is InChI=1S/C13H18N2S/c1-4-7-14-10(3)13-15-11-8-9(2)5-6-12(11)16-13/h5-6,8,10,14H,4,7H2,1-3H3. The van der Waals surface area contributed by atoms with E-state index in [0.29, 0.717) is 6.04 Å². The normalized spacial score (nSPS) is 13.2. The Balaban J connectivity index is 2.25. The first-order valence-electron chi connectivity index (χ1n) is 5.81. The van der Waals surface area contributed by atoms with Crippen molar-refractivity contribution in [2.45, 2.75) is 33.2 Å². The molecule has 0 spiro atoms. The molecule has 86 valence electrons. The summed E-state index contributed by atoms with van der Waals surface area (Å²) in [5, 5.41) is 4.66. The summed E-state index contributed by atoms with van der Waals surface area (Å²) >= 11 is 1.79. The van der Waals surface area contributed by atoms with Crippen LogP contribution < -0.4 is 5.32 Å². The van der Waals surface area contributed by atoms with E-state index < -0.39 is 0 Å². The van der Waals surface area contributed by atoms with E-state index in [2.05, 4.69) is 49.3 Å². The first kappa shape index (κ1) is 11.6. The van der Waals surface area contributed by atoms with Crippen LogP contribution in [0.15, 0.2) is 18.2 Å². The molecule has 1 aromatic carbocycles. The van der Waals surface area contributed by atoms with Gasteiger partial charge in [-0.2, -0.15) is 0 Å². The lowest BCUT2D eigenvalue weighted by Crippen LogP contribution is -2.18. The fraction of sp³-hybridized carbons (Fsp3) is 0.462. The van der Waals surface area contributed by atoms with Crippen LogP contribution in [-0.4, -0.2) is 11.5 Å². The number of hydrogen-bond donors (Lipinski definition) is 1. The molecule has 1 heterocycles. The number of aromatic nitrogens is 1. The smallest absolute Gasteiger partial charge is 0.111 e. The summed E-state index contributed by atoms with van der Waals surface area (Å²) in [6.07, 6.45) is 1.16. The van der Waals surface area contributed by atoms with Crippen LogP contribution in [0.4, 0.5) is 0 Å². The minimum atomic E-state index is 0.359. The molecule has 0 saturated heterocycles. The van der Waals surface area contributed by atoms with Crippen LogP contribution in [0.2, 0.25) is 0 Å². The minimum absolute atomic E-state index is 0.359. The fourth-order valence-corrected chi connectivity index (χ4v) is 2.66. The lowest BCUT2D eigenvalue weighted by molar-refractivity contribution is 0.569. The van der Waals surface area contributed by atoms with Gasteiger partial charge in [-0.15, -0.1) is 11.3 Å². The summed E-state index contributed by atoms with van der Waals surface area (Å²) in [7, 11) is 0. The van der Waals surface area contributed by atoms with Crippen molar-refractivity contribution in [1.29, 1.82) is 0 Å². The van der Waals surface area contributed by atoms with E-state index in [-0.39, 0.29) is 0 Å². The van der Waals surface area contributed by atoms with Gasteiger partial charge in [0.1, 0.15) is 5.01 Å². The van der Waals surface area contributed by atoms with E-state index in [1.165, 1.54) is 15.3 Å². The van der Waals surface area contributed by atoms with E-state index in [0.717, 1.165) is 18.5 Å². The van der Waals surface area contributed by atoms with Crippen molar-refractivity contribution in [2.24, 2.45) is 0 Å². The summed E-state index contributed by atoms with van der Waals surface area (Å²) in [4.78, 5) is 4.68. The van der Waals surface area contributed by atoms with Crippen LogP contribution in [0.3, 0.4) is 0 Å². The molecule has 1 aromatic heterocycles. The van der Waals surface area contributed by atoms with Gasteiger partial charge in [0, 0.05) is 0 Å². The second-order valence-corrected chi connectivity index (χ2v) is 5.26. The van der Waals surface area contributed by atoms with Gasteiger partial charge in [-0.05, 0) is 44.5 Å². The molecule has 0 radical (unpaired) electrons. The molecule has 0 aliphatic rings. The molecule has 0 amide bonds. The van der Waals surface area contributed by atoms with E-state index in [9.17, 15) is 0 Å². The SMILES string of the molecule is CCCNC(C)c1nc2cc(C)ccc2s1. The molecule has 2 nitrogen and oxygen atoms in total. The molecule has 0 aliphatic heterocycles. The molecule has 0 bridgehead atoms. The van der Waals surface area contributed by atoms with Gasteiger partial charge < -0.3 is 5.32 Å². The Labute approximate surface area is 101 Å². The van der Waals surface area contributed by atoms with Gasteiger partial charge in [-0.1, -0.05) is 13.0 Å². The second kappa shape index (κ2) is 4.93. The molecule has 1 atom stereocenters. The zero-order chi connectivity index (χ0) is 11.5. The fourth-order valence-electron chi connectivity index (χ4n) is 1.69. The average molecular weight is 234 g/mol.